The summed E-state index contributed by atoms with van der Waals surface area (Å²) in [4.78, 5) is 4.47. The zero-order chi connectivity index (χ0) is 14.0. The number of pyridine rings is 1. The van der Waals surface area contributed by atoms with Gasteiger partial charge in [0.2, 0.25) is 0 Å². The van der Waals surface area contributed by atoms with Crippen LogP contribution >= 0.6 is 11.6 Å². The molecule has 0 aromatic carbocycles. The summed E-state index contributed by atoms with van der Waals surface area (Å²) in [6, 6.07) is 4.34. The first-order valence-corrected chi connectivity index (χ1v) is 6.83. The summed E-state index contributed by atoms with van der Waals surface area (Å²) in [5.74, 6) is 0.792. The lowest BCUT2D eigenvalue weighted by molar-refractivity contribution is 0.595. The number of hydrogen-bond acceptors (Lipinski definition) is 3. The monoisotopic (exact) mass is 278 g/mol. The molecular formula is C14H19ClN4. The maximum absolute atomic E-state index is 6.15. The van der Waals surface area contributed by atoms with Gasteiger partial charge in [0.15, 0.2) is 5.82 Å². The van der Waals surface area contributed by atoms with Gasteiger partial charge in [-0.25, -0.2) is 9.67 Å². The largest absolute Gasteiger partial charge is 0.310 e. The molecule has 0 aliphatic rings. The number of rotatable bonds is 4. The van der Waals surface area contributed by atoms with E-state index in [-0.39, 0.29) is 0 Å². The van der Waals surface area contributed by atoms with Crippen LogP contribution in [0.2, 0.25) is 5.02 Å². The van der Waals surface area contributed by atoms with E-state index in [2.05, 4.69) is 35.3 Å². The van der Waals surface area contributed by atoms with Crippen LogP contribution in [0.15, 0.2) is 18.3 Å². The van der Waals surface area contributed by atoms with E-state index in [9.17, 15) is 0 Å². The molecule has 0 aliphatic carbocycles. The lowest BCUT2D eigenvalue weighted by Gasteiger charge is -2.12. The number of nitrogens with zero attached hydrogens (tertiary/aromatic N) is 3. The maximum atomic E-state index is 6.15. The average molecular weight is 279 g/mol. The van der Waals surface area contributed by atoms with Crippen molar-refractivity contribution in [3.8, 4) is 5.82 Å². The van der Waals surface area contributed by atoms with Crippen molar-refractivity contribution in [3.05, 3.63) is 40.3 Å². The van der Waals surface area contributed by atoms with Crippen LogP contribution in [0.3, 0.4) is 0 Å². The molecule has 0 amide bonds. The Morgan fingerprint density at radius 1 is 1.37 bits per heavy atom. The highest BCUT2D eigenvalue weighted by Gasteiger charge is 2.12. The second-order valence-electron chi connectivity index (χ2n) is 4.63. The molecule has 19 heavy (non-hydrogen) atoms. The normalized spacial score (nSPS) is 12.7. The van der Waals surface area contributed by atoms with Gasteiger partial charge in [-0.05, 0) is 38.9 Å². The maximum Gasteiger partial charge on any atom is 0.153 e. The fraction of sp³-hybridized carbons (Fsp3) is 0.429. The molecule has 2 aromatic heterocycles. The fourth-order valence-electron chi connectivity index (χ4n) is 2.05. The van der Waals surface area contributed by atoms with Crippen LogP contribution in [0.1, 0.15) is 36.8 Å². The molecule has 4 nitrogen and oxygen atoms in total. The van der Waals surface area contributed by atoms with Crippen molar-refractivity contribution in [1.82, 2.24) is 20.1 Å². The third-order valence-electron chi connectivity index (χ3n) is 3.20. The summed E-state index contributed by atoms with van der Waals surface area (Å²) in [5.41, 5.74) is 2.91. The second-order valence-corrected chi connectivity index (χ2v) is 5.00. The smallest absolute Gasteiger partial charge is 0.153 e. The van der Waals surface area contributed by atoms with Gasteiger partial charge in [0.1, 0.15) is 0 Å². The Kier molecular flexibility index (Phi) is 4.22. The third kappa shape index (κ3) is 2.80. The van der Waals surface area contributed by atoms with Gasteiger partial charge in [0.05, 0.1) is 16.4 Å². The topological polar surface area (TPSA) is 42.7 Å². The van der Waals surface area contributed by atoms with Crippen LogP contribution in [0, 0.1) is 13.8 Å². The van der Waals surface area contributed by atoms with Gasteiger partial charge in [-0.3, -0.25) is 0 Å². The molecule has 0 aliphatic heterocycles. The first kappa shape index (κ1) is 14.0. The Labute approximate surface area is 118 Å². The zero-order valence-corrected chi connectivity index (χ0v) is 12.5. The van der Waals surface area contributed by atoms with E-state index in [1.165, 1.54) is 5.56 Å². The van der Waals surface area contributed by atoms with Crippen molar-refractivity contribution in [3.63, 3.8) is 0 Å². The van der Waals surface area contributed by atoms with Crippen LogP contribution in [0.5, 0.6) is 0 Å². The molecule has 1 unspecified atom stereocenters. The summed E-state index contributed by atoms with van der Waals surface area (Å²) in [6.45, 7) is 9.00. The quantitative estimate of drug-likeness (QED) is 0.934. The summed E-state index contributed by atoms with van der Waals surface area (Å²) >= 11 is 6.15. The van der Waals surface area contributed by atoms with E-state index in [1.54, 1.807) is 4.68 Å². The van der Waals surface area contributed by atoms with E-state index in [1.807, 2.05) is 26.1 Å². The molecule has 0 fully saturated rings. The highest BCUT2D eigenvalue weighted by atomic mass is 35.5. The highest BCUT2D eigenvalue weighted by Crippen LogP contribution is 2.22. The Hall–Kier alpha value is -1.39. The predicted octanol–water partition coefficient (Wildman–Crippen LogP) is 3.21. The molecule has 2 heterocycles. The van der Waals surface area contributed by atoms with Gasteiger partial charge in [-0.2, -0.15) is 5.10 Å². The summed E-state index contributed by atoms with van der Waals surface area (Å²) in [6.07, 6.45) is 1.88. The Morgan fingerprint density at radius 3 is 2.58 bits per heavy atom. The van der Waals surface area contributed by atoms with Gasteiger partial charge >= 0.3 is 0 Å². The van der Waals surface area contributed by atoms with Gasteiger partial charge < -0.3 is 5.32 Å². The van der Waals surface area contributed by atoms with Crippen LogP contribution in [-0.4, -0.2) is 21.3 Å². The molecule has 1 atom stereocenters. The van der Waals surface area contributed by atoms with Crippen LogP contribution in [0.4, 0.5) is 0 Å². The van der Waals surface area contributed by atoms with E-state index >= 15 is 0 Å². The first-order valence-electron chi connectivity index (χ1n) is 6.46. The van der Waals surface area contributed by atoms with Crippen molar-refractivity contribution in [2.75, 3.05) is 6.54 Å². The molecule has 0 bridgehead atoms. The zero-order valence-electron chi connectivity index (χ0n) is 11.7. The van der Waals surface area contributed by atoms with E-state index in [0.29, 0.717) is 11.1 Å². The minimum Gasteiger partial charge on any atom is -0.310 e. The number of aryl methyl sites for hydroxylation is 1. The van der Waals surface area contributed by atoms with Crippen LogP contribution in [-0.2, 0) is 0 Å². The molecule has 2 rings (SSSR count). The lowest BCUT2D eigenvalue weighted by Crippen LogP contribution is -2.18. The molecule has 0 saturated heterocycles. The van der Waals surface area contributed by atoms with Crippen molar-refractivity contribution in [2.45, 2.75) is 33.7 Å². The SMILES string of the molecule is CCNC(C)c1ccc(-n2nc(C)c(Cl)c2C)nc1. The fourth-order valence-corrected chi connectivity index (χ4v) is 2.17. The standard InChI is InChI=1S/C14H19ClN4/c1-5-16-9(2)12-6-7-13(17-8-12)19-11(4)14(15)10(3)18-19/h6-9,16H,5H2,1-4H3. The van der Waals surface area contributed by atoms with E-state index in [0.717, 1.165) is 23.8 Å². The summed E-state index contributed by atoms with van der Waals surface area (Å²) in [5, 5.41) is 8.46. The number of nitrogens with one attached hydrogen (secondary N) is 1. The minimum absolute atomic E-state index is 0.301. The van der Waals surface area contributed by atoms with Crippen LogP contribution in [0.25, 0.3) is 5.82 Å². The first-order chi connectivity index (χ1) is 9.04. The molecular weight excluding hydrogens is 260 g/mol. The molecule has 2 aromatic rings. The molecule has 0 saturated carbocycles. The number of aromatic nitrogens is 3. The van der Waals surface area contributed by atoms with Crippen molar-refractivity contribution >= 4 is 11.6 Å². The second kappa shape index (κ2) is 5.72. The number of halogens is 1. The third-order valence-corrected chi connectivity index (χ3v) is 3.75. The summed E-state index contributed by atoms with van der Waals surface area (Å²) < 4.78 is 1.78. The molecule has 0 radical (unpaired) electrons. The Morgan fingerprint density at radius 2 is 2.11 bits per heavy atom. The van der Waals surface area contributed by atoms with Crippen molar-refractivity contribution in [2.24, 2.45) is 0 Å². The van der Waals surface area contributed by atoms with E-state index < -0.39 is 0 Å². The molecule has 0 spiro atoms. The van der Waals surface area contributed by atoms with Crippen molar-refractivity contribution < 1.29 is 0 Å². The molecule has 5 heteroatoms. The van der Waals surface area contributed by atoms with Gasteiger partial charge in [0, 0.05) is 12.2 Å². The number of hydrogen-bond donors (Lipinski definition) is 1. The van der Waals surface area contributed by atoms with Gasteiger partial charge in [0.25, 0.3) is 0 Å². The van der Waals surface area contributed by atoms with Crippen molar-refractivity contribution in [1.29, 1.82) is 0 Å². The minimum atomic E-state index is 0.301. The van der Waals surface area contributed by atoms with Gasteiger partial charge in [-0.1, -0.05) is 24.6 Å². The Balaban J connectivity index is 2.30. The van der Waals surface area contributed by atoms with Crippen LogP contribution < -0.4 is 5.32 Å². The average Bonchev–Trinajstić information content (AvgIpc) is 2.67. The molecule has 1 N–H and O–H groups in total. The lowest BCUT2D eigenvalue weighted by atomic mass is 10.1. The van der Waals surface area contributed by atoms with E-state index in [4.69, 9.17) is 11.6 Å². The van der Waals surface area contributed by atoms with Gasteiger partial charge in [-0.15, -0.1) is 0 Å². The Bertz CT molecular complexity index is 560. The molecule has 102 valence electrons. The summed E-state index contributed by atoms with van der Waals surface area (Å²) in [7, 11) is 0. The predicted molar refractivity (Wildman–Crippen MR) is 77.9 cm³/mol. The highest BCUT2D eigenvalue weighted by molar-refractivity contribution is 6.31.